The summed E-state index contributed by atoms with van der Waals surface area (Å²) in [5.41, 5.74) is 8.97. The van der Waals surface area contributed by atoms with Gasteiger partial charge in [-0.15, -0.1) is 5.10 Å². The number of rotatable bonds is 8. The molecule has 11 heteroatoms. The van der Waals surface area contributed by atoms with E-state index >= 15 is 0 Å². The summed E-state index contributed by atoms with van der Waals surface area (Å²) in [6.45, 7) is 4.28. The van der Waals surface area contributed by atoms with Crippen LogP contribution in [0.2, 0.25) is 5.02 Å². The van der Waals surface area contributed by atoms with Crippen LogP contribution < -0.4 is 11.4 Å². The summed E-state index contributed by atoms with van der Waals surface area (Å²) in [6.07, 6.45) is 3.61. The number of hydrogen-bond acceptors (Lipinski definition) is 6. The first-order valence-electron chi connectivity index (χ1n) is 15.1. The number of aromatic nitrogens is 3. The number of amides is 2. The summed E-state index contributed by atoms with van der Waals surface area (Å²) >= 11 is 6.38. The molecule has 0 spiro atoms. The second-order valence-corrected chi connectivity index (χ2v) is 12.5. The van der Waals surface area contributed by atoms with Gasteiger partial charge in [-0.1, -0.05) is 48.0 Å². The summed E-state index contributed by atoms with van der Waals surface area (Å²) in [6, 6.07) is 13.7. The first-order chi connectivity index (χ1) is 20.6. The number of nitrogens with one attached hydrogen (secondary N) is 1. The quantitative estimate of drug-likeness (QED) is 0.376. The third-order valence-electron chi connectivity index (χ3n) is 9.01. The molecule has 43 heavy (non-hydrogen) atoms. The lowest BCUT2D eigenvalue weighted by Gasteiger charge is -2.37. The van der Waals surface area contributed by atoms with Crippen LogP contribution >= 0.6 is 11.6 Å². The number of aryl methyl sites for hydroxylation is 1. The Morgan fingerprint density at radius 1 is 1.05 bits per heavy atom. The minimum atomic E-state index is -0.498. The number of benzene rings is 2. The van der Waals surface area contributed by atoms with E-state index in [4.69, 9.17) is 17.3 Å². The Morgan fingerprint density at radius 2 is 1.70 bits per heavy atom. The lowest BCUT2D eigenvalue weighted by molar-refractivity contribution is -0.142. The Hall–Kier alpha value is -3.63. The predicted octanol–water partition coefficient (Wildman–Crippen LogP) is 3.75. The second-order valence-electron chi connectivity index (χ2n) is 12.1. The van der Waals surface area contributed by atoms with Crippen molar-refractivity contribution in [3.8, 4) is 11.4 Å². The highest BCUT2D eigenvalue weighted by atomic mass is 35.5. The number of H-pyrrole nitrogens is 1. The van der Waals surface area contributed by atoms with Gasteiger partial charge in [0.2, 0.25) is 11.8 Å². The number of likely N-dealkylation sites (tertiary alicyclic amines) is 2. The Bertz CT molecular complexity index is 1460. The van der Waals surface area contributed by atoms with E-state index in [-0.39, 0.29) is 30.0 Å². The molecule has 2 aliphatic heterocycles. The molecule has 0 unspecified atom stereocenters. The van der Waals surface area contributed by atoms with Crippen LogP contribution in [0.5, 0.6) is 0 Å². The SMILES string of the molecule is Cc1cc(C[C@@H](CC(=O)N2CCC(n3nc(-c4ccccc4)[nH]c3=O)CC2)C(=O)N2CCC(N(C)C)CC2)cc(Cl)c1N. The molecule has 1 atom stereocenters. The highest BCUT2D eigenvalue weighted by molar-refractivity contribution is 6.33. The molecular weight excluding hydrogens is 566 g/mol. The van der Waals surface area contributed by atoms with Gasteiger partial charge < -0.3 is 20.4 Å². The largest absolute Gasteiger partial charge is 0.397 e. The van der Waals surface area contributed by atoms with Gasteiger partial charge in [0.05, 0.1) is 22.7 Å². The third kappa shape index (κ3) is 7.13. The predicted molar refractivity (Wildman–Crippen MR) is 169 cm³/mol. The molecule has 230 valence electrons. The number of hydrogen-bond donors (Lipinski definition) is 2. The molecule has 3 N–H and O–H groups in total. The van der Waals surface area contributed by atoms with Gasteiger partial charge in [-0.3, -0.25) is 14.6 Å². The summed E-state index contributed by atoms with van der Waals surface area (Å²) in [5.74, 6) is 0.0147. The molecular formula is C32H42ClN7O3. The average Bonchev–Trinajstić information content (AvgIpc) is 3.41. The van der Waals surface area contributed by atoms with E-state index in [1.807, 2.05) is 59.2 Å². The minimum Gasteiger partial charge on any atom is -0.397 e. The van der Waals surface area contributed by atoms with Crippen LogP contribution in [0.25, 0.3) is 11.4 Å². The summed E-state index contributed by atoms with van der Waals surface area (Å²) in [5, 5.41) is 5.02. The number of nitrogen functional groups attached to an aromatic ring is 1. The van der Waals surface area contributed by atoms with Gasteiger partial charge in [-0.05, 0) is 70.3 Å². The second kappa shape index (κ2) is 13.3. The average molecular weight is 608 g/mol. The maximum Gasteiger partial charge on any atom is 0.343 e. The van der Waals surface area contributed by atoms with Gasteiger partial charge in [0.15, 0.2) is 5.82 Å². The normalized spacial score (nSPS) is 17.4. The van der Waals surface area contributed by atoms with Gasteiger partial charge in [0.25, 0.3) is 0 Å². The molecule has 0 aliphatic carbocycles. The molecule has 0 radical (unpaired) electrons. The van der Waals surface area contributed by atoms with Crippen molar-refractivity contribution >= 4 is 29.1 Å². The van der Waals surface area contributed by atoms with E-state index < -0.39 is 5.92 Å². The lowest BCUT2D eigenvalue weighted by Crippen LogP contribution is -2.48. The number of carbonyl (C=O) groups excluding carboxylic acids is 2. The fourth-order valence-corrected chi connectivity index (χ4v) is 6.64. The molecule has 10 nitrogen and oxygen atoms in total. The third-order valence-corrected chi connectivity index (χ3v) is 9.32. The number of nitrogens with zero attached hydrogens (tertiary/aromatic N) is 5. The van der Waals surface area contributed by atoms with Crippen LogP contribution in [0.4, 0.5) is 5.69 Å². The van der Waals surface area contributed by atoms with Gasteiger partial charge >= 0.3 is 5.69 Å². The van der Waals surface area contributed by atoms with Crippen molar-refractivity contribution in [2.75, 3.05) is 46.0 Å². The number of carbonyl (C=O) groups is 2. The molecule has 0 bridgehead atoms. The standard InChI is InChI=1S/C32H42ClN7O3/c1-21-17-22(19-27(33)29(21)34)18-24(31(42)39-15-9-25(10-16-39)37(2)3)20-28(41)38-13-11-26(12-14-38)40-32(43)35-30(36-40)23-7-5-4-6-8-23/h4-8,17,19,24-26H,9-16,18,20,34H2,1-3H3,(H,35,36,43)/t24-/m0/s1. The van der Waals surface area contributed by atoms with Crippen molar-refractivity contribution in [2.45, 2.75) is 57.5 Å². The zero-order chi connectivity index (χ0) is 30.7. The molecule has 3 aromatic rings. The Balaban J connectivity index is 1.26. The monoisotopic (exact) mass is 607 g/mol. The van der Waals surface area contributed by atoms with Crippen molar-refractivity contribution in [3.05, 3.63) is 69.1 Å². The highest BCUT2D eigenvalue weighted by Crippen LogP contribution is 2.29. The summed E-state index contributed by atoms with van der Waals surface area (Å²) in [4.78, 5) is 49.0. The van der Waals surface area contributed by atoms with Crippen LogP contribution in [0.1, 0.15) is 49.3 Å². The number of piperidine rings is 2. The first-order valence-corrected chi connectivity index (χ1v) is 15.5. The molecule has 0 saturated carbocycles. The maximum atomic E-state index is 13.9. The summed E-state index contributed by atoms with van der Waals surface area (Å²) < 4.78 is 1.51. The van der Waals surface area contributed by atoms with Gasteiger partial charge in [-0.25, -0.2) is 9.48 Å². The molecule has 2 fully saturated rings. The van der Waals surface area contributed by atoms with Crippen LogP contribution in [0.3, 0.4) is 0 Å². The van der Waals surface area contributed by atoms with Crippen LogP contribution in [-0.4, -0.2) is 87.6 Å². The fraction of sp³-hybridized carbons (Fsp3) is 0.500. The molecule has 3 heterocycles. The minimum absolute atomic E-state index is 0.0163. The molecule has 2 aromatic carbocycles. The Kier molecular flexibility index (Phi) is 9.56. The van der Waals surface area contributed by atoms with Crippen LogP contribution in [0.15, 0.2) is 47.3 Å². The molecule has 5 rings (SSSR count). The lowest BCUT2D eigenvalue weighted by atomic mass is 9.91. The fourth-order valence-electron chi connectivity index (χ4n) is 6.35. The highest BCUT2D eigenvalue weighted by Gasteiger charge is 2.33. The van der Waals surface area contributed by atoms with Crippen molar-refractivity contribution < 1.29 is 9.59 Å². The Labute approximate surface area is 257 Å². The zero-order valence-corrected chi connectivity index (χ0v) is 26.0. The van der Waals surface area contributed by atoms with Gasteiger partial charge in [-0.2, -0.15) is 0 Å². The summed E-state index contributed by atoms with van der Waals surface area (Å²) in [7, 11) is 4.15. The molecule has 2 saturated heterocycles. The van der Waals surface area contributed by atoms with Crippen LogP contribution in [-0.2, 0) is 16.0 Å². The van der Waals surface area contributed by atoms with E-state index in [0.717, 1.165) is 29.5 Å². The maximum absolute atomic E-state index is 13.9. The van der Waals surface area contributed by atoms with E-state index in [1.54, 1.807) is 0 Å². The smallest absolute Gasteiger partial charge is 0.343 e. The molecule has 1 aromatic heterocycles. The van der Waals surface area contributed by atoms with Crippen molar-refractivity contribution in [1.82, 2.24) is 29.5 Å². The van der Waals surface area contributed by atoms with E-state index in [0.29, 0.717) is 68.0 Å². The van der Waals surface area contributed by atoms with Crippen LogP contribution in [0, 0.1) is 12.8 Å². The van der Waals surface area contributed by atoms with Gasteiger partial charge in [0.1, 0.15) is 0 Å². The molecule has 2 aliphatic rings. The zero-order valence-electron chi connectivity index (χ0n) is 25.3. The number of anilines is 1. The van der Waals surface area contributed by atoms with Crippen molar-refractivity contribution in [2.24, 2.45) is 5.92 Å². The molecule has 2 amide bonds. The van der Waals surface area contributed by atoms with Gasteiger partial charge in [0, 0.05) is 44.2 Å². The number of aromatic amines is 1. The van der Waals surface area contributed by atoms with Crippen molar-refractivity contribution in [3.63, 3.8) is 0 Å². The first kappa shape index (κ1) is 30.8. The number of nitrogens with two attached hydrogens (primary N) is 1. The van der Waals surface area contributed by atoms with E-state index in [1.165, 1.54) is 4.68 Å². The Morgan fingerprint density at radius 3 is 2.33 bits per heavy atom. The topological polar surface area (TPSA) is 121 Å². The van der Waals surface area contributed by atoms with E-state index in [2.05, 4.69) is 29.1 Å². The van der Waals surface area contributed by atoms with Crippen molar-refractivity contribution in [1.29, 1.82) is 0 Å². The number of halogens is 1. The van der Waals surface area contributed by atoms with E-state index in [9.17, 15) is 14.4 Å².